The minimum atomic E-state index is -3.55. The van der Waals surface area contributed by atoms with Crippen molar-refractivity contribution in [2.75, 3.05) is 6.54 Å². The largest absolute Gasteiger partial charge is 0.367 e. The normalized spacial score (nSPS) is 9.83. The number of hydrogen-bond acceptors (Lipinski definition) is 2. The van der Waals surface area contributed by atoms with Gasteiger partial charge in [-0.15, -0.1) is 0 Å². The van der Waals surface area contributed by atoms with E-state index in [2.05, 4.69) is 12.6 Å². The molecule has 12 heavy (non-hydrogen) atoms. The maximum absolute atomic E-state index is 11.9. The Bertz CT molecular complexity index is 125. The van der Waals surface area contributed by atoms with Crippen LogP contribution in [0.5, 0.6) is 0 Å². The predicted octanol–water partition coefficient (Wildman–Crippen LogP) is 2.06. The number of rotatable bonds is 3. The van der Waals surface area contributed by atoms with Crippen LogP contribution in [0.1, 0.15) is 27.2 Å². The van der Waals surface area contributed by atoms with Crippen LogP contribution < -0.4 is 5.32 Å². The molecule has 0 aliphatic heterocycles. The average Bonchev–Trinajstić information content (AvgIpc) is 2.02. The first-order valence-electron chi connectivity index (χ1n) is 3.87. The Morgan fingerprint density at radius 3 is 2.17 bits per heavy atom. The third-order valence-corrected chi connectivity index (χ3v) is 1.01. The predicted molar refractivity (Wildman–Crippen MR) is 48.6 cm³/mol. The zero-order valence-electron chi connectivity index (χ0n) is 7.53. The molecule has 0 unspecified atom stereocenters. The molecule has 0 radical (unpaired) electrons. The molecule has 0 aliphatic rings. The van der Waals surface area contributed by atoms with Crippen LogP contribution in [0.4, 0.5) is 8.78 Å². The van der Waals surface area contributed by atoms with Crippen LogP contribution >= 0.6 is 12.6 Å². The highest BCUT2D eigenvalue weighted by molar-refractivity contribution is 7.82. The second-order valence-electron chi connectivity index (χ2n) is 1.80. The summed E-state index contributed by atoms with van der Waals surface area (Å²) in [5.74, 6) is -1.34. The summed E-state index contributed by atoms with van der Waals surface area (Å²) in [5, 5.41) is -1.54. The molecule has 0 aliphatic carbocycles. The Balaban J connectivity index is 0. The van der Waals surface area contributed by atoms with Gasteiger partial charge in [0.2, 0.25) is 0 Å². The summed E-state index contributed by atoms with van der Waals surface area (Å²) < 4.78 is 23.8. The number of hydrogen-bond donors (Lipinski definition) is 2. The van der Waals surface area contributed by atoms with E-state index in [1.807, 2.05) is 19.2 Å². The molecule has 1 amide bonds. The first-order valence-corrected chi connectivity index (χ1v) is 4.31. The second-order valence-corrected chi connectivity index (χ2v) is 2.36. The van der Waals surface area contributed by atoms with Crippen LogP contribution in [0.25, 0.3) is 0 Å². The van der Waals surface area contributed by atoms with Gasteiger partial charge >= 0.3 is 11.2 Å². The zero-order chi connectivity index (χ0) is 10.2. The molecule has 0 heterocycles. The van der Waals surface area contributed by atoms with Gasteiger partial charge in [-0.2, -0.15) is 8.78 Å². The molecule has 0 spiro atoms. The Kier molecular flexibility index (Phi) is 8.69. The lowest BCUT2D eigenvalue weighted by Crippen LogP contribution is -2.36. The van der Waals surface area contributed by atoms with Crippen molar-refractivity contribution < 1.29 is 13.6 Å². The topological polar surface area (TPSA) is 29.1 Å². The van der Waals surface area contributed by atoms with Gasteiger partial charge < -0.3 is 5.32 Å². The zero-order valence-corrected chi connectivity index (χ0v) is 8.42. The summed E-state index contributed by atoms with van der Waals surface area (Å²) in [5.41, 5.74) is 0. The summed E-state index contributed by atoms with van der Waals surface area (Å²) in [4.78, 5) is 10.3. The molecular formula is C7H15F2NOS. The first kappa shape index (κ1) is 14.2. The van der Waals surface area contributed by atoms with Gasteiger partial charge in [0.15, 0.2) is 0 Å². The minimum absolute atomic E-state index is 0.259. The van der Waals surface area contributed by atoms with E-state index in [1.54, 1.807) is 6.92 Å². The number of nitrogens with one attached hydrogen (secondary N) is 1. The maximum atomic E-state index is 11.9. The van der Waals surface area contributed by atoms with E-state index in [0.717, 1.165) is 0 Å². The molecule has 0 saturated carbocycles. The Labute approximate surface area is 77.1 Å². The molecule has 0 aromatic heterocycles. The molecule has 0 saturated heterocycles. The summed E-state index contributed by atoms with van der Waals surface area (Å²) in [6.07, 6.45) is 0.635. The summed E-state index contributed by atoms with van der Waals surface area (Å²) in [6, 6.07) is 0. The lowest BCUT2D eigenvalue weighted by atomic mass is 10.5. The van der Waals surface area contributed by atoms with Gasteiger partial charge in [-0.25, -0.2) is 0 Å². The van der Waals surface area contributed by atoms with E-state index < -0.39 is 11.2 Å². The van der Waals surface area contributed by atoms with Crippen LogP contribution in [0.3, 0.4) is 0 Å². The number of carbonyl (C=O) groups excluding carboxylic acids is 1. The molecule has 1 N–H and O–H groups in total. The fourth-order valence-electron chi connectivity index (χ4n) is 0.345. The van der Waals surface area contributed by atoms with Crippen molar-refractivity contribution in [1.82, 2.24) is 5.32 Å². The second kappa shape index (κ2) is 7.34. The smallest absolute Gasteiger partial charge is 0.350 e. The number of halogens is 2. The molecule has 0 bridgehead atoms. The van der Waals surface area contributed by atoms with Crippen molar-refractivity contribution in [1.29, 1.82) is 0 Å². The van der Waals surface area contributed by atoms with E-state index in [-0.39, 0.29) is 6.54 Å². The molecule has 5 heteroatoms. The molecular weight excluding hydrogens is 184 g/mol. The Morgan fingerprint density at radius 1 is 1.50 bits per heavy atom. The third kappa shape index (κ3) is 7.78. The highest BCUT2D eigenvalue weighted by Gasteiger charge is 2.32. The fraction of sp³-hybridized carbons (Fsp3) is 0.857. The third-order valence-electron chi connectivity index (χ3n) is 0.809. The van der Waals surface area contributed by atoms with Crippen LogP contribution in [0.15, 0.2) is 0 Å². The van der Waals surface area contributed by atoms with Crippen molar-refractivity contribution in [2.24, 2.45) is 0 Å². The van der Waals surface area contributed by atoms with E-state index in [0.29, 0.717) is 6.42 Å². The number of carbonyl (C=O) groups is 1. The fourth-order valence-corrected chi connectivity index (χ4v) is 0.424. The molecule has 0 atom stereocenters. The molecule has 74 valence electrons. The van der Waals surface area contributed by atoms with Crippen LogP contribution in [-0.4, -0.2) is 17.7 Å². The van der Waals surface area contributed by atoms with Gasteiger partial charge in [0.25, 0.3) is 0 Å². The SMILES string of the molecule is CC.CCCNC(=O)C(F)(F)S. The molecule has 2 nitrogen and oxygen atoms in total. The lowest BCUT2D eigenvalue weighted by Gasteiger charge is -2.07. The lowest BCUT2D eigenvalue weighted by molar-refractivity contribution is -0.134. The minimum Gasteiger partial charge on any atom is -0.350 e. The van der Waals surface area contributed by atoms with Gasteiger partial charge in [-0.1, -0.05) is 33.4 Å². The van der Waals surface area contributed by atoms with Crippen LogP contribution in [0, 0.1) is 0 Å². The van der Waals surface area contributed by atoms with Crippen molar-refractivity contribution in [3.05, 3.63) is 0 Å². The number of thiol groups is 1. The maximum Gasteiger partial charge on any atom is 0.367 e. The van der Waals surface area contributed by atoms with Gasteiger partial charge in [-0.05, 0) is 6.42 Å². The van der Waals surface area contributed by atoms with Gasteiger partial charge in [0.05, 0.1) is 0 Å². The standard InChI is InChI=1S/C5H9F2NOS.C2H6/c1-2-3-8-4(9)5(6,7)10;1-2/h10H,2-3H2,1H3,(H,8,9);1-2H3. The molecule has 0 fully saturated rings. The quantitative estimate of drug-likeness (QED) is 0.669. The van der Waals surface area contributed by atoms with Gasteiger partial charge in [0, 0.05) is 6.54 Å². The Morgan fingerprint density at radius 2 is 1.92 bits per heavy atom. The highest BCUT2D eigenvalue weighted by Crippen LogP contribution is 2.17. The highest BCUT2D eigenvalue weighted by atomic mass is 32.1. The van der Waals surface area contributed by atoms with Crippen LogP contribution in [-0.2, 0) is 4.79 Å². The Hall–Kier alpha value is -0.320. The molecule has 0 aromatic rings. The molecule has 0 aromatic carbocycles. The van der Waals surface area contributed by atoms with Crippen molar-refractivity contribution in [3.63, 3.8) is 0 Å². The first-order chi connectivity index (χ1) is 5.48. The van der Waals surface area contributed by atoms with E-state index in [9.17, 15) is 13.6 Å². The van der Waals surface area contributed by atoms with Crippen molar-refractivity contribution in [2.45, 2.75) is 32.4 Å². The van der Waals surface area contributed by atoms with E-state index in [1.165, 1.54) is 0 Å². The van der Waals surface area contributed by atoms with Gasteiger partial charge in [0.1, 0.15) is 0 Å². The number of alkyl halides is 2. The van der Waals surface area contributed by atoms with Crippen molar-refractivity contribution >= 4 is 18.5 Å². The number of amides is 1. The summed E-state index contributed by atoms with van der Waals surface area (Å²) in [6.45, 7) is 6.03. The average molecular weight is 199 g/mol. The van der Waals surface area contributed by atoms with E-state index >= 15 is 0 Å². The van der Waals surface area contributed by atoms with Crippen molar-refractivity contribution in [3.8, 4) is 0 Å². The summed E-state index contributed by atoms with van der Waals surface area (Å²) in [7, 11) is 0. The van der Waals surface area contributed by atoms with Crippen LogP contribution in [0.2, 0.25) is 0 Å². The van der Waals surface area contributed by atoms with E-state index in [4.69, 9.17) is 0 Å². The summed E-state index contributed by atoms with van der Waals surface area (Å²) >= 11 is 2.78. The monoisotopic (exact) mass is 199 g/mol. The molecule has 0 rings (SSSR count). The van der Waals surface area contributed by atoms with Gasteiger partial charge in [-0.3, -0.25) is 4.79 Å².